The van der Waals surface area contributed by atoms with Crippen LogP contribution < -0.4 is 0 Å². The number of aliphatic hydroxyl groups is 1. The van der Waals surface area contributed by atoms with Gasteiger partial charge in [-0.15, -0.1) is 0 Å². The largest absolute Gasteiger partial charge is 0.393 e. The number of ketones is 1. The molecular weight excluding hydrogens is 260 g/mol. The van der Waals surface area contributed by atoms with E-state index in [2.05, 4.69) is 13.0 Å². The van der Waals surface area contributed by atoms with Gasteiger partial charge in [-0.05, 0) is 75.0 Å². The lowest BCUT2D eigenvalue weighted by molar-refractivity contribution is -0.143. The van der Waals surface area contributed by atoms with Crippen molar-refractivity contribution in [2.24, 2.45) is 29.1 Å². The van der Waals surface area contributed by atoms with Crippen molar-refractivity contribution in [3.63, 3.8) is 0 Å². The quantitative estimate of drug-likeness (QED) is 0.743. The van der Waals surface area contributed by atoms with Crippen molar-refractivity contribution in [3.05, 3.63) is 11.6 Å². The first-order valence-corrected chi connectivity index (χ1v) is 9.07. The summed E-state index contributed by atoms with van der Waals surface area (Å²) in [6.07, 6.45) is 12.0. The Morgan fingerprint density at radius 2 is 2.14 bits per heavy atom. The van der Waals surface area contributed by atoms with Crippen molar-refractivity contribution in [2.75, 3.05) is 0 Å². The first-order valence-electron chi connectivity index (χ1n) is 9.07. The number of hydrogen-bond donors (Lipinski definition) is 1. The van der Waals surface area contributed by atoms with E-state index < -0.39 is 0 Å². The number of Topliss-reactive ketones (excluding diaryl/α,β-unsaturated/α-hetero) is 1. The van der Waals surface area contributed by atoms with Gasteiger partial charge in [-0.3, -0.25) is 4.79 Å². The topological polar surface area (TPSA) is 37.3 Å². The molecule has 0 spiro atoms. The van der Waals surface area contributed by atoms with Gasteiger partial charge in [0.25, 0.3) is 0 Å². The minimum absolute atomic E-state index is 0.170. The van der Waals surface area contributed by atoms with Crippen molar-refractivity contribution < 1.29 is 9.90 Å². The molecule has 4 rings (SSSR count). The average molecular weight is 288 g/mol. The van der Waals surface area contributed by atoms with Crippen molar-refractivity contribution >= 4 is 5.78 Å². The first kappa shape index (κ1) is 14.0. The van der Waals surface area contributed by atoms with Crippen LogP contribution in [-0.2, 0) is 4.79 Å². The van der Waals surface area contributed by atoms with E-state index in [1.54, 1.807) is 5.57 Å². The van der Waals surface area contributed by atoms with Crippen LogP contribution in [-0.4, -0.2) is 17.0 Å². The third-order valence-electron chi connectivity index (χ3n) is 7.44. The third kappa shape index (κ3) is 1.84. The van der Waals surface area contributed by atoms with Crippen LogP contribution in [0.15, 0.2) is 11.6 Å². The molecule has 0 aromatic heterocycles. The fourth-order valence-corrected chi connectivity index (χ4v) is 6.56. The Morgan fingerprint density at radius 1 is 1.29 bits per heavy atom. The minimum Gasteiger partial charge on any atom is -0.393 e. The summed E-state index contributed by atoms with van der Waals surface area (Å²) in [7, 11) is 0. The maximum absolute atomic E-state index is 12.5. The van der Waals surface area contributed by atoms with Crippen LogP contribution in [0.5, 0.6) is 0 Å². The first-order chi connectivity index (χ1) is 10.2. The molecule has 1 N–H and O–H groups in total. The molecular formula is C19H28O2. The molecule has 0 radical (unpaired) electrons. The summed E-state index contributed by atoms with van der Waals surface area (Å²) < 4.78 is 0. The zero-order chi connectivity index (χ0) is 14.6. The van der Waals surface area contributed by atoms with E-state index in [-0.39, 0.29) is 11.5 Å². The highest BCUT2D eigenvalue weighted by Crippen LogP contribution is 2.61. The summed E-state index contributed by atoms with van der Waals surface area (Å²) in [6, 6.07) is 0. The Labute approximate surface area is 128 Å². The fourth-order valence-electron chi connectivity index (χ4n) is 6.56. The van der Waals surface area contributed by atoms with E-state index in [1.807, 2.05) is 0 Å². The molecule has 6 unspecified atom stereocenters. The molecule has 0 amide bonds. The monoisotopic (exact) mass is 288 g/mol. The van der Waals surface area contributed by atoms with Crippen LogP contribution in [0.3, 0.4) is 0 Å². The Balaban J connectivity index is 1.70. The normalized spacial score (nSPS) is 49.1. The van der Waals surface area contributed by atoms with Crippen LogP contribution in [0.2, 0.25) is 0 Å². The average Bonchev–Trinajstić information content (AvgIpc) is 2.84. The van der Waals surface area contributed by atoms with Crippen LogP contribution in [0.1, 0.15) is 64.7 Å². The van der Waals surface area contributed by atoms with Gasteiger partial charge in [0.15, 0.2) is 0 Å². The third-order valence-corrected chi connectivity index (χ3v) is 7.44. The van der Waals surface area contributed by atoms with Gasteiger partial charge in [-0.25, -0.2) is 0 Å². The molecule has 6 atom stereocenters. The van der Waals surface area contributed by atoms with E-state index in [1.165, 1.54) is 32.1 Å². The number of aliphatic hydroxyl groups excluding tert-OH is 1. The molecule has 2 nitrogen and oxygen atoms in total. The zero-order valence-electron chi connectivity index (χ0n) is 13.2. The lowest BCUT2D eigenvalue weighted by Crippen LogP contribution is -2.53. The number of fused-ring (bicyclic) bond motifs is 5. The number of rotatable bonds is 1. The molecule has 0 heterocycles. The molecule has 116 valence electrons. The van der Waals surface area contributed by atoms with Gasteiger partial charge in [0, 0.05) is 11.8 Å². The number of hydrogen-bond acceptors (Lipinski definition) is 2. The smallest absolute Gasteiger partial charge is 0.139 e. The fraction of sp³-hybridized carbons (Fsp3) is 0.842. The molecule has 3 saturated carbocycles. The Bertz CT molecular complexity index is 480. The van der Waals surface area contributed by atoms with E-state index in [9.17, 15) is 9.90 Å². The maximum atomic E-state index is 12.5. The Morgan fingerprint density at radius 3 is 2.95 bits per heavy atom. The highest BCUT2D eigenvalue weighted by atomic mass is 16.3. The molecule has 4 aliphatic rings. The van der Waals surface area contributed by atoms with E-state index >= 15 is 0 Å². The molecule has 4 aliphatic carbocycles. The van der Waals surface area contributed by atoms with Crippen LogP contribution in [0.25, 0.3) is 0 Å². The Kier molecular flexibility index (Phi) is 3.29. The minimum atomic E-state index is -0.250. The molecule has 3 fully saturated rings. The second-order valence-electron chi connectivity index (χ2n) is 7.95. The highest BCUT2D eigenvalue weighted by Gasteiger charge is 2.60. The molecule has 0 saturated heterocycles. The number of allylic oxidation sites excluding steroid dienone is 2. The summed E-state index contributed by atoms with van der Waals surface area (Å²) >= 11 is 0. The van der Waals surface area contributed by atoms with Gasteiger partial charge in [-0.2, -0.15) is 0 Å². The predicted molar refractivity (Wildman–Crippen MR) is 82.7 cm³/mol. The number of carbonyl (C=O) groups excluding carboxylic acids is 1. The van der Waals surface area contributed by atoms with Gasteiger partial charge in [-0.1, -0.05) is 18.6 Å². The second-order valence-corrected chi connectivity index (χ2v) is 7.95. The lowest BCUT2D eigenvalue weighted by Gasteiger charge is -2.55. The Hall–Kier alpha value is -0.630. The van der Waals surface area contributed by atoms with Gasteiger partial charge in [0.1, 0.15) is 5.78 Å². The van der Waals surface area contributed by atoms with Crippen molar-refractivity contribution in [3.8, 4) is 0 Å². The van der Waals surface area contributed by atoms with Crippen molar-refractivity contribution in [2.45, 2.75) is 70.8 Å². The summed E-state index contributed by atoms with van der Waals surface area (Å²) in [5.41, 5.74) is 1.46. The second kappa shape index (κ2) is 4.94. The SMILES string of the molecule is CCC12CC(O)C3C4CCCC=C4CCC3C1CCC2=O. The van der Waals surface area contributed by atoms with Gasteiger partial charge in [0.05, 0.1) is 6.10 Å². The summed E-state index contributed by atoms with van der Waals surface area (Å²) in [4.78, 5) is 12.5. The molecule has 21 heavy (non-hydrogen) atoms. The lowest BCUT2D eigenvalue weighted by atomic mass is 9.50. The number of carbonyl (C=O) groups is 1. The standard InChI is InChI=1S/C19H28O2/c1-2-19-11-16(20)18-13-6-4-3-5-12(13)7-8-14(18)15(19)9-10-17(19)21/h5,13-16,18,20H,2-4,6-11H2,1H3. The zero-order valence-corrected chi connectivity index (χ0v) is 13.2. The van der Waals surface area contributed by atoms with E-state index in [4.69, 9.17) is 0 Å². The van der Waals surface area contributed by atoms with Crippen LogP contribution in [0.4, 0.5) is 0 Å². The summed E-state index contributed by atoms with van der Waals surface area (Å²) in [5, 5.41) is 10.9. The summed E-state index contributed by atoms with van der Waals surface area (Å²) in [6.45, 7) is 2.16. The van der Waals surface area contributed by atoms with Crippen LogP contribution in [0, 0.1) is 29.1 Å². The van der Waals surface area contributed by atoms with E-state index in [0.29, 0.717) is 29.5 Å². The molecule has 0 bridgehead atoms. The molecule has 0 aromatic rings. The van der Waals surface area contributed by atoms with Gasteiger partial charge in [0.2, 0.25) is 0 Å². The molecule has 0 aliphatic heterocycles. The maximum Gasteiger partial charge on any atom is 0.139 e. The molecule has 2 heteroatoms. The van der Waals surface area contributed by atoms with Crippen molar-refractivity contribution in [1.82, 2.24) is 0 Å². The highest BCUT2D eigenvalue weighted by molar-refractivity contribution is 5.87. The predicted octanol–water partition coefficient (Wildman–Crippen LogP) is 3.88. The van der Waals surface area contributed by atoms with Crippen molar-refractivity contribution in [1.29, 1.82) is 0 Å². The van der Waals surface area contributed by atoms with Gasteiger partial charge >= 0.3 is 0 Å². The summed E-state index contributed by atoms with van der Waals surface area (Å²) in [5.74, 6) is 2.68. The van der Waals surface area contributed by atoms with E-state index in [0.717, 1.165) is 25.7 Å². The molecule has 0 aromatic carbocycles. The van der Waals surface area contributed by atoms with Gasteiger partial charge < -0.3 is 5.11 Å². The van der Waals surface area contributed by atoms with Crippen LogP contribution >= 0.6 is 0 Å².